The highest BCUT2D eigenvalue weighted by Crippen LogP contribution is 2.30. The molecule has 6 nitrogen and oxygen atoms in total. The molecule has 4 rings (SSSR count). The maximum atomic E-state index is 13.0. The van der Waals surface area contributed by atoms with Crippen LogP contribution in [0.1, 0.15) is 16.1 Å². The van der Waals surface area contributed by atoms with Gasteiger partial charge in [-0.15, -0.1) is 11.3 Å². The van der Waals surface area contributed by atoms with Gasteiger partial charge in [0.05, 0.1) is 16.5 Å². The molecule has 0 aliphatic rings. The molecular formula is C22H19N3O3S2. The molecule has 0 spiro atoms. The molecule has 0 unspecified atom stereocenters. The Hall–Kier alpha value is -3.10. The first-order valence-corrected chi connectivity index (χ1v) is 11.3. The van der Waals surface area contributed by atoms with E-state index in [2.05, 4.69) is 15.6 Å². The number of carbonyl (C=O) groups is 2. The Labute approximate surface area is 181 Å². The highest BCUT2D eigenvalue weighted by atomic mass is 32.2. The Kier molecular flexibility index (Phi) is 6.15. The Morgan fingerprint density at radius 3 is 2.70 bits per heavy atom. The summed E-state index contributed by atoms with van der Waals surface area (Å²) in [5.41, 5.74) is 2.50. The van der Waals surface area contributed by atoms with Gasteiger partial charge in [0.1, 0.15) is 6.04 Å². The van der Waals surface area contributed by atoms with Crippen molar-refractivity contribution in [3.63, 3.8) is 0 Å². The predicted octanol–water partition coefficient (Wildman–Crippen LogP) is 4.59. The van der Waals surface area contributed by atoms with E-state index in [1.54, 1.807) is 35.2 Å². The Morgan fingerprint density at radius 2 is 1.97 bits per heavy atom. The first-order valence-electron chi connectivity index (χ1n) is 9.26. The standard InChI is InChI=1S/C22H19N3O3S2/c1-29-22-25-16-10-9-15(13-19(16)30-22)23-20(26)17(12-14-6-3-2-4-7-14)24-21(27)18-8-5-11-28-18/h2-11,13,17H,12H2,1H3,(H,23,26)(H,24,27)/t17-/m0/s1. The van der Waals surface area contributed by atoms with E-state index in [-0.39, 0.29) is 11.7 Å². The van der Waals surface area contributed by atoms with Crippen molar-refractivity contribution in [2.45, 2.75) is 16.8 Å². The van der Waals surface area contributed by atoms with Crippen LogP contribution in [0.2, 0.25) is 0 Å². The third-order valence-corrected chi connectivity index (χ3v) is 6.46. The third-order valence-electron chi connectivity index (χ3n) is 4.46. The van der Waals surface area contributed by atoms with Crippen LogP contribution in [0.5, 0.6) is 0 Å². The zero-order valence-corrected chi connectivity index (χ0v) is 17.8. The Balaban J connectivity index is 1.54. The maximum absolute atomic E-state index is 13.0. The number of rotatable bonds is 7. The van der Waals surface area contributed by atoms with Crippen molar-refractivity contribution in [3.8, 4) is 0 Å². The van der Waals surface area contributed by atoms with Crippen LogP contribution in [0.15, 0.2) is 75.7 Å². The van der Waals surface area contributed by atoms with Gasteiger partial charge in [0.25, 0.3) is 5.91 Å². The zero-order chi connectivity index (χ0) is 20.9. The summed E-state index contributed by atoms with van der Waals surface area (Å²) in [4.78, 5) is 30.0. The van der Waals surface area contributed by atoms with Gasteiger partial charge in [-0.25, -0.2) is 4.98 Å². The number of furan rings is 1. The van der Waals surface area contributed by atoms with Crippen LogP contribution in [-0.4, -0.2) is 29.1 Å². The van der Waals surface area contributed by atoms with Gasteiger partial charge in [-0.05, 0) is 42.2 Å². The van der Waals surface area contributed by atoms with E-state index in [4.69, 9.17) is 4.42 Å². The minimum atomic E-state index is -0.760. The van der Waals surface area contributed by atoms with Crippen molar-refractivity contribution in [2.24, 2.45) is 0 Å². The lowest BCUT2D eigenvalue weighted by Crippen LogP contribution is -2.45. The highest BCUT2D eigenvalue weighted by Gasteiger charge is 2.23. The summed E-state index contributed by atoms with van der Waals surface area (Å²) >= 11 is 3.17. The molecule has 2 aromatic heterocycles. The number of thiazole rings is 1. The lowest BCUT2D eigenvalue weighted by atomic mass is 10.0. The molecule has 0 bridgehead atoms. The van der Waals surface area contributed by atoms with Gasteiger partial charge in [0, 0.05) is 12.1 Å². The molecule has 4 aromatic rings. The fraction of sp³-hybridized carbons (Fsp3) is 0.136. The number of carbonyl (C=O) groups excluding carboxylic acids is 2. The largest absolute Gasteiger partial charge is 0.459 e. The van der Waals surface area contributed by atoms with E-state index in [1.165, 1.54) is 6.26 Å². The molecule has 30 heavy (non-hydrogen) atoms. The van der Waals surface area contributed by atoms with Crippen LogP contribution >= 0.6 is 23.1 Å². The normalized spacial score (nSPS) is 11.9. The van der Waals surface area contributed by atoms with E-state index in [0.29, 0.717) is 12.1 Å². The van der Waals surface area contributed by atoms with Crippen molar-refractivity contribution in [1.82, 2.24) is 10.3 Å². The summed E-state index contributed by atoms with van der Waals surface area (Å²) < 4.78 is 7.12. The van der Waals surface area contributed by atoms with Crippen molar-refractivity contribution >= 4 is 50.8 Å². The number of fused-ring (bicyclic) bond motifs is 1. The van der Waals surface area contributed by atoms with Crippen molar-refractivity contribution in [1.29, 1.82) is 0 Å². The summed E-state index contributed by atoms with van der Waals surface area (Å²) in [5, 5.41) is 5.70. The molecule has 8 heteroatoms. The number of hydrogen-bond donors (Lipinski definition) is 2. The quantitative estimate of drug-likeness (QED) is 0.413. The number of hydrogen-bond acceptors (Lipinski definition) is 6. The maximum Gasteiger partial charge on any atom is 0.287 e. The monoisotopic (exact) mass is 437 g/mol. The van der Waals surface area contributed by atoms with E-state index < -0.39 is 11.9 Å². The average Bonchev–Trinajstić information content (AvgIpc) is 3.43. The molecule has 2 N–H and O–H groups in total. The van der Waals surface area contributed by atoms with Gasteiger partial charge >= 0.3 is 0 Å². The smallest absolute Gasteiger partial charge is 0.287 e. The molecule has 1 atom stereocenters. The molecule has 0 saturated heterocycles. The number of nitrogens with one attached hydrogen (secondary N) is 2. The SMILES string of the molecule is CSc1nc2ccc(NC(=O)[C@H](Cc3ccccc3)NC(=O)c3ccco3)cc2s1. The van der Waals surface area contributed by atoms with Crippen molar-refractivity contribution in [3.05, 3.63) is 78.3 Å². The number of amides is 2. The molecule has 0 aliphatic carbocycles. The summed E-state index contributed by atoms with van der Waals surface area (Å²) in [6.07, 6.45) is 3.77. The molecule has 2 aromatic carbocycles. The molecule has 0 fully saturated rings. The van der Waals surface area contributed by atoms with E-state index in [9.17, 15) is 9.59 Å². The van der Waals surface area contributed by atoms with Gasteiger partial charge < -0.3 is 15.1 Å². The highest BCUT2D eigenvalue weighted by molar-refractivity contribution is 8.00. The first kappa shape index (κ1) is 20.2. The van der Waals surface area contributed by atoms with Gasteiger partial charge in [-0.1, -0.05) is 42.1 Å². The summed E-state index contributed by atoms with van der Waals surface area (Å²) in [6, 6.07) is 17.6. The summed E-state index contributed by atoms with van der Waals surface area (Å²) in [7, 11) is 0. The second-order valence-corrected chi connectivity index (χ2v) is 8.63. The van der Waals surface area contributed by atoms with Crippen molar-refractivity contribution in [2.75, 3.05) is 11.6 Å². The molecule has 0 saturated carbocycles. The number of nitrogens with zero attached hydrogens (tertiary/aromatic N) is 1. The average molecular weight is 438 g/mol. The minimum Gasteiger partial charge on any atom is -0.459 e. The minimum absolute atomic E-state index is 0.163. The van der Waals surface area contributed by atoms with Gasteiger partial charge in [-0.3, -0.25) is 9.59 Å². The van der Waals surface area contributed by atoms with Gasteiger partial charge in [0.15, 0.2) is 10.1 Å². The van der Waals surface area contributed by atoms with Gasteiger partial charge in [-0.2, -0.15) is 0 Å². The van der Waals surface area contributed by atoms with Gasteiger partial charge in [0.2, 0.25) is 5.91 Å². The van der Waals surface area contributed by atoms with E-state index in [0.717, 1.165) is 20.1 Å². The number of thioether (sulfide) groups is 1. The fourth-order valence-corrected chi connectivity index (χ4v) is 4.52. The molecule has 2 amide bonds. The lowest BCUT2D eigenvalue weighted by Gasteiger charge is -2.18. The number of aromatic nitrogens is 1. The number of benzene rings is 2. The first-order chi connectivity index (χ1) is 14.6. The molecule has 0 radical (unpaired) electrons. The zero-order valence-electron chi connectivity index (χ0n) is 16.1. The predicted molar refractivity (Wildman–Crippen MR) is 120 cm³/mol. The topological polar surface area (TPSA) is 84.2 Å². The summed E-state index contributed by atoms with van der Waals surface area (Å²) in [5.74, 6) is -0.567. The number of anilines is 1. The van der Waals surface area contributed by atoms with Crippen LogP contribution in [0.3, 0.4) is 0 Å². The van der Waals surface area contributed by atoms with E-state index >= 15 is 0 Å². The van der Waals surface area contributed by atoms with Crippen LogP contribution in [0, 0.1) is 0 Å². The van der Waals surface area contributed by atoms with Crippen LogP contribution < -0.4 is 10.6 Å². The third kappa shape index (κ3) is 4.72. The summed E-state index contributed by atoms with van der Waals surface area (Å²) in [6.45, 7) is 0. The second-order valence-electron chi connectivity index (χ2n) is 6.55. The van der Waals surface area contributed by atoms with E-state index in [1.807, 2.05) is 54.8 Å². The van der Waals surface area contributed by atoms with Crippen LogP contribution in [0.4, 0.5) is 5.69 Å². The lowest BCUT2D eigenvalue weighted by molar-refractivity contribution is -0.118. The molecule has 152 valence electrons. The second kappa shape index (κ2) is 9.15. The van der Waals surface area contributed by atoms with Crippen LogP contribution in [-0.2, 0) is 11.2 Å². The Morgan fingerprint density at radius 1 is 1.13 bits per heavy atom. The molecule has 2 heterocycles. The molecular weight excluding hydrogens is 418 g/mol. The fourth-order valence-electron chi connectivity index (χ4n) is 2.99. The van der Waals surface area contributed by atoms with Crippen molar-refractivity contribution < 1.29 is 14.0 Å². The molecule has 0 aliphatic heterocycles. The van der Waals surface area contributed by atoms with Crippen LogP contribution in [0.25, 0.3) is 10.2 Å². The Bertz CT molecular complexity index is 1160.